The van der Waals surface area contributed by atoms with E-state index in [0.717, 1.165) is 12.3 Å². The number of likely N-dealkylation sites (tertiary alicyclic amines) is 1. The van der Waals surface area contributed by atoms with E-state index in [-0.39, 0.29) is 18.5 Å². The first-order valence-electron chi connectivity index (χ1n) is 7.44. The number of ether oxygens (including phenoxy) is 1. The van der Waals surface area contributed by atoms with Crippen molar-refractivity contribution in [1.82, 2.24) is 14.9 Å². The van der Waals surface area contributed by atoms with Crippen molar-refractivity contribution in [2.24, 2.45) is 0 Å². The average molecular weight is 392 g/mol. The van der Waals surface area contributed by atoms with E-state index in [4.69, 9.17) is 16.3 Å². The number of hydrogen-bond acceptors (Lipinski definition) is 5. The zero-order valence-electron chi connectivity index (χ0n) is 12.8. The fourth-order valence-electron chi connectivity index (χ4n) is 2.51. The zero-order valence-corrected chi connectivity index (χ0v) is 14.4. The zero-order chi connectivity index (χ0) is 18.0. The van der Waals surface area contributed by atoms with E-state index in [1.807, 2.05) is 0 Å². The van der Waals surface area contributed by atoms with Gasteiger partial charge in [-0.3, -0.25) is 4.79 Å². The number of thiophene rings is 1. The van der Waals surface area contributed by atoms with Gasteiger partial charge >= 0.3 is 12.2 Å². The minimum atomic E-state index is -4.56. The lowest BCUT2D eigenvalue weighted by molar-refractivity contribution is -0.141. The van der Waals surface area contributed by atoms with Gasteiger partial charge in [0.15, 0.2) is 5.69 Å². The van der Waals surface area contributed by atoms with Gasteiger partial charge in [0.1, 0.15) is 6.10 Å². The molecule has 0 saturated carbocycles. The number of piperidine rings is 1. The second-order valence-corrected chi connectivity index (χ2v) is 7.17. The lowest BCUT2D eigenvalue weighted by atomic mass is 10.1. The Balaban J connectivity index is 1.67. The molecule has 0 aromatic carbocycles. The molecular weight excluding hydrogens is 379 g/mol. The highest BCUT2D eigenvalue weighted by Gasteiger charge is 2.33. The highest BCUT2D eigenvalue weighted by Crippen LogP contribution is 2.29. The van der Waals surface area contributed by atoms with Crippen molar-refractivity contribution in [3.05, 3.63) is 39.3 Å². The molecule has 1 aliphatic heterocycles. The Bertz CT molecular complexity index is 768. The smallest absolute Gasteiger partial charge is 0.433 e. The molecule has 25 heavy (non-hydrogen) atoms. The van der Waals surface area contributed by atoms with E-state index in [0.29, 0.717) is 28.6 Å². The van der Waals surface area contributed by atoms with Crippen LogP contribution in [0.1, 0.15) is 28.2 Å². The molecule has 1 saturated heterocycles. The van der Waals surface area contributed by atoms with Crippen molar-refractivity contribution in [3.8, 4) is 6.01 Å². The molecule has 10 heteroatoms. The molecule has 1 amide bonds. The summed E-state index contributed by atoms with van der Waals surface area (Å²) in [5.74, 6) is -0.171. The number of aromatic nitrogens is 2. The third kappa shape index (κ3) is 4.40. The molecule has 2 aromatic heterocycles. The van der Waals surface area contributed by atoms with Gasteiger partial charge in [-0.05, 0) is 31.0 Å². The van der Waals surface area contributed by atoms with Crippen molar-refractivity contribution in [1.29, 1.82) is 0 Å². The fourth-order valence-corrected chi connectivity index (χ4v) is 3.52. The standard InChI is InChI=1S/C15H13ClF3N3O2S/c16-12-4-3-10(25-12)13(23)22-7-1-2-9(8-22)24-14-20-6-5-11(21-14)15(17,18)19/h3-6,9H,1-2,7-8H2. The van der Waals surface area contributed by atoms with Crippen molar-refractivity contribution < 1.29 is 22.7 Å². The molecule has 5 nitrogen and oxygen atoms in total. The Morgan fingerprint density at radius 3 is 2.84 bits per heavy atom. The van der Waals surface area contributed by atoms with Gasteiger partial charge in [0.25, 0.3) is 5.91 Å². The molecule has 1 fully saturated rings. The highest BCUT2D eigenvalue weighted by atomic mass is 35.5. The number of amides is 1. The van der Waals surface area contributed by atoms with Crippen LogP contribution in [0.3, 0.4) is 0 Å². The molecule has 1 unspecified atom stereocenters. The monoisotopic (exact) mass is 391 g/mol. The van der Waals surface area contributed by atoms with Crippen LogP contribution in [0.4, 0.5) is 13.2 Å². The van der Waals surface area contributed by atoms with Gasteiger partial charge in [0.2, 0.25) is 0 Å². The van der Waals surface area contributed by atoms with Gasteiger partial charge in [-0.1, -0.05) is 11.6 Å². The van der Waals surface area contributed by atoms with E-state index in [1.165, 1.54) is 11.3 Å². The van der Waals surface area contributed by atoms with Gasteiger partial charge in [0.05, 0.1) is 15.8 Å². The molecule has 0 bridgehead atoms. The number of rotatable bonds is 3. The summed E-state index contributed by atoms with van der Waals surface area (Å²) in [7, 11) is 0. The normalized spacial score (nSPS) is 18.2. The molecule has 2 aromatic rings. The van der Waals surface area contributed by atoms with Crippen molar-refractivity contribution in [2.75, 3.05) is 13.1 Å². The van der Waals surface area contributed by atoms with Gasteiger partial charge in [-0.25, -0.2) is 4.98 Å². The molecule has 1 aliphatic rings. The first-order chi connectivity index (χ1) is 11.8. The molecule has 3 rings (SSSR count). The average Bonchev–Trinajstić information content (AvgIpc) is 3.00. The van der Waals surface area contributed by atoms with Crippen LogP contribution in [0, 0.1) is 0 Å². The third-order valence-corrected chi connectivity index (χ3v) is 4.86. The highest BCUT2D eigenvalue weighted by molar-refractivity contribution is 7.17. The maximum absolute atomic E-state index is 12.7. The Morgan fingerprint density at radius 1 is 1.36 bits per heavy atom. The summed E-state index contributed by atoms with van der Waals surface area (Å²) in [6, 6.07) is 3.74. The molecular formula is C15H13ClF3N3O2S. The van der Waals surface area contributed by atoms with Crippen LogP contribution in [-0.2, 0) is 6.18 Å². The quantitative estimate of drug-likeness (QED) is 0.796. The maximum Gasteiger partial charge on any atom is 0.433 e. The summed E-state index contributed by atoms with van der Waals surface area (Å²) in [6.45, 7) is 0.811. The summed E-state index contributed by atoms with van der Waals surface area (Å²) in [5, 5.41) is 0. The Hall–Kier alpha value is -1.87. The van der Waals surface area contributed by atoms with E-state index in [9.17, 15) is 18.0 Å². The van der Waals surface area contributed by atoms with E-state index in [1.54, 1.807) is 17.0 Å². The summed E-state index contributed by atoms with van der Waals surface area (Å²) in [5.41, 5.74) is -1.06. The lowest BCUT2D eigenvalue weighted by Crippen LogP contribution is -2.44. The van der Waals surface area contributed by atoms with Gasteiger partial charge in [0, 0.05) is 12.7 Å². The fraction of sp³-hybridized carbons (Fsp3) is 0.400. The van der Waals surface area contributed by atoms with Gasteiger partial charge in [-0.15, -0.1) is 11.3 Å². The summed E-state index contributed by atoms with van der Waals surface area (Å²) in [4.78, 5) is 21.7. The number of nitrogens with zero attached hydrogens (tertiary/aromatic N) is 3. The second kappa shape index (κ2) is 7.17. The minimum absolute atomic E-state index is 0.171. The number of carbonyl (C=O) groups is 1. The largest absolute Gasteiger partial charge is 0.458 e. The van der Waals surface area contributed by atoms with Crippen LogP contribution < -0.4 is 4.74 Å². The minimum Gasteiger partial charge on any atom is -0.458 e. The van der Waals surface area contributed by atoms with E-state index < -0.39 is 18.0 Å². The third-order valence-electron chi connectivity index (χ3n) is 3.65. The number of alkyl halides is 3. The van der Waals surface area contributed by atoms with Crippen LogP contribution in [-0.4, -0.2) is 40.0 Å². The predicted octanol–water partition coefficient (Wildman–Crippen LogP) is 3.89. The summed E-state index contributed by atoms with van der Waals surface area (Å²) in [6.07, 6.45) is -2.74. The number of halogens is 4. The SMILES string of the molecule is O=C(c1ccc(Cl)s1)N1CCCC(Oc2nccc(C(F)(F)F)n2)C1. The van der Waals surface area contributed by atoms with Crippen LogP contribution in [0.2, 0.25) is 4.34 Å². The number of carbonyl (C=O) groups excluding carboxylic acids is 1. The van der Waals surface area contributed by atoms with Crippen LogP contribution in [0.15, 0.2) is 24.4 Å². The van der Waals surface area contributed by atoms with Crippen LogP contribution >= 0.6 is 22.9 Å². The molecule has 0 N–H and O–H groups in total. The topological polar surface area (TPSA) is 55.3 Å². The number of hydrogen-bond donors (Lipinski definition) is 0. The Kier molecular flexibility index (Phi) is 5.14. The first kappa shape index (κ1) is 17.9. The second-order valence-electron chi connectivity index (χ2n) is 5.46. The maximum atomic E-state index is 12.7. The lowest BCUT2D eigenvalue weighted by Gasteiger charge is -2.32. The Labute approximate surface area is 150 Å². The molecule has 1 atom stereocenters. The van der Waals surface area contributed by atoms with Gasteiger partial charge < -0.3 is 9.64 Å². The molecule has 0 radical (unpaired) electrons. The van der Waals surface area contributed by atoms with Crippen LogP contribution in [0.5, 0.6) is 6.01 Å². The first-order valence-corrected chi connectivity index (χ1v) is 8.64. The summed E-state index contributed by atoms with van der Waals surface area (Å²) >= 11 is 7.03. The van der Waals surface area contributed by atoms with Gasteiger partial charge in [-0.2, -0.15) is 18.2 Å². The molecule has 0 spiro atoms. The molecule has 0 aliphatic carbocycles. The van der Waals surface area contributed by atoms with E-state index >= 15 is 0 Å². The van der Waals surface area contributed by atoms with Crippen molar-refractivity contribution in [2.45, 2.75) is 25.1 Å². The van der Waals surface area contributed by atoms with Crippen LogP contribution in [0.25, 0.3) is 0 Å². The molecule has 3 heterocycles. The van der Waals surface area contributed by atoms with E-state index in [2.05, 4.69) is 9.97 Å². The summed E-state index contributed by atoms with van der Waals surface area (Å²) < 4.78 is 44.1. The molecule has 134 valence electrons. The predicted molar refractivity (Wildman–Crippen MR) is 85.9 cm³/mol. The van der Waals surface area contributed by atoms with Crippen molar-refractivity contribution >= 4 is 28.8 Å². The van der Waals surface area contributed by atoms with Crippen molar-refractivity contribution in [3.63, 3.8) is 0 Å². The Morgan fingerprint density at radius 2 is 2.16 bits per heavy atom.